The molecule has 6 nitrogen and oxygen atoms in total. The summed E-state index contributed by atoms with van der Waals surface area (Å²) in [5.41, 5.74) is 1.13. The minimum Gasteiger partial charge on any atom is -0.493 e. The summed E-state index contributed by atoms with van der Waals surface area (Å²) in [5, 5.41) is 3.57. The van der Waals surface area contributed by atoms with Gasteiger partial charge in [0.2, 0.25) is 5.75 Å². The van der Waals surface area contributed by atoms with Gasteiger partial charge in [0.25, 0.3) is 0 Å². The molecular formula is C25H27NO5. The fraction of sp³-hybridized carbons (Fsp3) is 0.280. The third-order valence-corrected chi connectivity index (χ3v) is 5.16. The van der Waals surface area contributed by atoms with Gasteiger partial charge in [-0.3, -0.25) is 0 Å². The standard InChI is InChI=1S/C25H27NO5/c1-27-21-13-8-14-22(28-2)25(21)29-16-15-26-24(18-9-4-3-5-10-18)23-17-30-19-11-6-7-12-20(19)31-23/h3-14,23-24,26H,15-17H2,1-2H3/t23-,24-/m0/s1. The first-order chi connectivity index (χ1) is 15.3. The van der Waals surface area contributed by atoms with Crippen LogP contribution >= 0.6 is 0 Å². The van der Waals surface area contributed by atoms with Gasteiger partial charge in [0, 0.05) is 6.54 Å². The van der Waals surface area contributed by atoms with Crippen molar-refractivity contribution >= 4 is 0 Å². The molecule has 3 aromatic carbocycles. The Kier molecular flexibility index (Phi) is 6.79. The summed E-state index contributed by atoms with van der Waals surface area (Å²) < 4.78 is 29.0. The summed E-state index contributed by atoms with van der Waals surface area (Å²) in [6, 6.07) is 23.5. The molecule has 31 heavy (non-hydrogen) atoms. The van der Waals surface area contributed by atoms with Gasteiger partial charge in [-0.25, -0.2) is 0 Å². The van der Waals surface area contributed by atoms with Crippen LogP contribution in [0, 0.1) is 0 Å². The van der Waals surface area contributed by atoms with Crippen LogP contribution in [0.3, 0.4) is 0 Å². The van der Waals surface area contributed by atoms with Crippen LogP contribution in [0.25, 0.3) is 0 Å². The minimum absolute atomic E-state index is 0.0577. The van der Waals surface area contributed by atoms with Crippen molar-refractivity contribution in [1.82, 2.24) is 5.32 Å². The molecule has 1 aliphatic rings. The van der Waals surface area contributed by atoms with Crippen LogP contribution < -0.4 is 29.0 Å². The van der Waals surface area contributed by atoms with Gasteiger partial charge in [-0.05, 0) is 29.8 Å². The summed E-state index contributed by atoms with van der Waals surface area (Å²) in [7, 11) is 3.23. The molecule has 0 spiro atoms. The Morgan fingerprint density at radius 2 is 1.55 bits per heavy atom. The van der Waals surface area contributed by atoms with E-state index in [0.29, 0.717) is 37.0 Å². The van der Waals surface area contributed by atoms with Gasteiger partial charge in [0.1, 0.15) is 13.2 Å². The first-order valence-electron chi connectivity index (χ1n) is 10.3. The average Bonchev–Trinajstić information content (AvgIpc) is 2.84. The molecule has 1 heterocycles. The molecule has 6 heteroatoms. The number of rotatable bonds is 9. The first-order valence-corrected chi connectivity index (χ1v) is 10.3. The van der Waals surface area contributed by atoms with Crippen LogP contribution in [0.15, 0.2) is 72.8 Å². The third kappa shape index (κ3) is 4.86. The Labute approximate surface area is 182 Å². The van der Waals surface area contributed by atoms with Gasteiger partial charge in [-0.2, -0.15) is 0 Å². The van der Waals surface area contributed by atoms with E-state index >= 15 is 0 Å². The van der Waals surface area contributed by atoms with Gasteiger partial charge in [-0.15, -0.1) is 0 Å². The first kappa shape index (κ1) is 20.9. The SMILES string of the molecule is COc1cccc(OC)c1OCCN[C@@H](c1ccccc1)[C@@H]1COc2ccccc2O1. The Hall–Kier alpha value is -3.38. The molecule has 0 saturated heterocycles. The van der Waals surface area contributed by atoms with Crippen molar-refractivity contribution in [2.45, 2.75) is 12.1 Å². The molecule has 3 aromatic rings. The van der Waals surface area contributed by atoms with E-state index in [2.05, 4.69) is 17.4 Å². The van der Waals surface area contributed by atoms with Crippen molar-refractivity contribution in [3.63, 3.8) is 0 Å². The molecule has 0 aliphatic carbocycles. The Bertz CT molecular complexity index is 956. The van der Waals surface area contributed by atoms with Gasteiger partial charge in [0.05, 0.1) is 20.3 Å². The maximum atomic E-state index is 6.27. The van der Waals surface area contributed by atoms with Crippen LogP contribution in [-0.4, -0.2) is 40.1 Å². The van der Waals surface area contributed by atoms with Crippen LogP contribution in [-0.2, 0) is 0 Å². The molecule has 0 amide bonds. The number of ether oxygens (including phenoxy) is 5. The number of hydrogen-bond acceptors (Lipinski definition) is 6. The molecule has 4 rings (SSSR count). The maximum Gasteiger partial charge on any atom is 0.203 e. The molecule has 0 fully saturated rings. The molecule has 0 radical (unpaired) electrons. The zero-order valence-electron chi connectivity index (χ0n) is 17.7. The summed E-state index contributed by atoms with van der Waals surface area (Å²) in [6.07, 6.45) is -0.168. The minimum atomic E-state index is -0.168. The van der Waals surface area contributed by atoms with Crippen LogP contribution in [0.1, 0.15) is 11.6 Å². The number of para-hydroxylation sites is 3. The van der Waals surface area contributed by atoms with Gasteiger partial charge >= 0.3 is 0 Å². The van der Waals surface area contributed by atoms with Gasteiger partial charge in [-0.1, -0.05) is 48.5 Å². The molecule has 162 valence electrons. The van der Waals surface area contributed by atoms with Crippen LogP contribution in [0.4, 0.5) is 0 Å². The van der Waals surface area contributed by atoms with Crippen LogP contribution in [0.5, 0.6) is 28.7 Å². The summed E-state index contributed by atoms with van der Waals surface area (Å²) in [4.78, 5) is 0. The smallest absolute Gasteiger partial charge is 0.203 e. The van der Waals surface area contributed by atoms with E-state index in [-0.39, 0.29) is 12.1 Å². The maximum absolute atomic E-state index is 6.27. The van der Waals surface area contributed by atoms with E-state index in [4.69, 9.17) is 23.7 Å². The lowest BCUT2D eigenvalue weighted by Crippen LogP contribution is -2.42. The van der Waals surface area contributed by atoms with Crippen molar-refractivity contribution < 1.29 is 23.7 Å². The average molecular weight is 421 g/mol. The van der Waals surface area contributed by atoms with Crippen molar-refractivity contribution in [1.29, 1.82) is 0 Å². The molecular weight excluding hydrogens is 394 g/mol. The zero-order valence-corrected chi connectivity index (χ0v) is 17.7. The summed E-state index contributed by atoms with van der Waals surface area (Å²) >= 11 is 0. The number of nitrogens with one attached hydrogen (secondary N) is 1. The molecule has 2 atom stereocenters. The lowest BCUT2D eigenvalue weighted by Gasteiger charge is -2.33. The predicted octanol–water partition coefficient (Wildman–Crippen LogP) is 4.25. The fourth-order valence-corrected chi connectivity index (χ4v) is 3.65. The second-order valence-corrected chi connectivity index (χ2v) is 7.10. The Morgan fingerprint density at radius 1 is 0.871 bits per heavy atom. The Balaban J connectivity index is 1.44. The highest BCUT2D eigenvalue weighted by Gasteiger charge is 2.29. The highest BCUT2D eigenvalue weighted by Crippen LogP contribution is 2.37. The van der Waals surface area contributed by atoms with E-state index in [1.807, 2.05) is 60.7 Å². The van der Waals surface area contributed by atoms with E-state index < -0.39 is 0 Å². The lowest BCUT2D eigenvalue weighted by molar-refractivity contribution is 0.0604. The topological polar surface area (TPSA) is 58.2 Å². The Morgan fingerprint density at radius 3 is 2.26 bits per heavy atom. The second-order valence-electron chi connectivity index (χ2n) is 7.10. The predicted molar refractivity (Wildman–Crippen MR) is 119 cm³/mol. The zero-order chi connectivity index (χ0) is 21.5. The molecule has 0 saturated carbocycles. The van der Waals surface area contributed by atoms with Crippen molar-refractivity contribution in [3.05, 3.63) is 78.4 Å². The van der Waals surface area contributed by atoms with E-state index in [1.54, 1.807) is 14.2 Å². The molecule has 1 N–H and O–H groups in total. The van der Waals surface area contributed by atoms with Gasteiger partial charge < -0.3 is 29.0 Å². The van der Waals surface area contributed by atoms with Crippen molar-refractivity contribution in [2.24, 2.45) is 0 Å². The number of benzene rings is 3. The van der Waals surface area contributed by atoms with Crippen molar-refractivity contribution in [3.8, 4) is 28.7 Å². The largest absolute Gasteiger partial charge is 0.493 e. The van der Waals surface area contributed by atoms with E-state index in [1.165, 1.54) is 0 Å². The molecule has 0 aromatic heterocycles. The van der Waals surface area contributed by atoms with E-state index in [9.17, 15) is 0 Å². The quantitative estimate of drug-likeness (QED) is 0.521. The normalized spacial score (nSPS) is 15.7. The molecule has 1 aliphatic heterocycles. The lowest BCUT2D eigenvalue weighted by atomic mass is 10.0. The second kappa shape index (κ2) is 10.1. The molecule has 0 unspecified atom stereocenters. The van der Waals surface area contributed by atoms with Gasteiger partial charge in [0.15, 0.2) is 29.1 Å². The molecule has 0 bridgehead atoms. The number of methoxy groups -OCH3 is 2. The summed E-state index contributed by atoms with van der Waals surface area (Å²) in [6.45, 7) is 1.50. The highest BCUT2D eigenvalue weighted by molar-refractivity contribution is 5.51. The highest BCUT2D eigenvalue weighted by atomic mass is 16.6. The summed E-state index contributed by atoms with van der Waals surface area (Å²) in [5.74, 6) is 3.41. The number of hydrogen-bond donors (Lipinski definition) is 1. The monoisotopic (exact) mass is 421 g/mol. The van der Waals surface area contributed by atoms with Crippen molar-refractivity contribution in [2.75, 3.05) is 34.0 Å². The van der Waals surface area contributed by atoms with Crippen LogP contribution in [0.2, 0.25) is 0 Å². The van der Waals surface area contributed by atoms with E-state index in [0.717, 1.165) is 17.1 Å². The third-order valence-electron chi connectivity index (χ3n) is 5.16. The number of fused-ring (bicyclic) bond motifs is 1. The fourth-order valence-electron chi connectivity index (χ4n) is 3.65.